The Morgan fingerprint density at radius 2 is 1.25 bits per heavy atom. The Morgan fingerprint density at radius 1 is 0.800 bits per heavy atom. The Labute approximate surface area is 244 Å². The number of Topliss-reactive ketones (excluding diaryl/α,β-unsaturated/α-hetero) is 1. The Kier molecular flexibility index (Phi) is 14.7. The number of carbonyl (C=O) groups is 2. The highest BCUT2D eigenvalue weighted by molar-refractivity contribution is 6.71. The van der Waals surface area contributed by atoms with Crippen LogP contribution < -0.4 is 0 Å². The van der Waals surface area contributed by atoms with E-state index >= 15 is 0 Å². The van der Waals surface area contributed by atoms with Gasteiger partial charge in [-0.25, -0.2) is 0 Å². The van der Waals surface area contributed by atoms with Crippen molar-refractivity contribution < 1.29 is 27.6 Å². The molecule has 40 heavy (non-hydrogen) atoms. The summed E-state index contributed by atoms with van der Waals surface area (Å²) in [5, 5.41) is 0. The molecule has 0 aliphatic carbocycles. The molecule has 0 aliphatic rings. The minimum Gasteiger partial charge on any atom is -0.469 e. The zero-order valence-electron chi connectivity index (χ0n) is 26.9. The molecule has 0 saturated carbocycles. The normalized spacial score (nSPS) is 13.4. The first-order valence-electron chi connectivity index (χ1n) is 13.4. The molecule has 0 amide bonds. The molecule has 1 atom stereocenters. The lowest BCUT2D eigenvalue weighted by Crippen LogP contribution is -2.52. The summed E-state index contributed by atoms with van der Waals surface area (Å²) in [5.41, 5.74) is 1.13. The second-order valence-corrected chi connectivity index (χ2v) is 21.0. The van der Waals surface area contributed by atoms with Gasteiger partial charge in [-0.2, -0.15) is 0 Å². The average molecular weight is 588 g/mol. The smallest absolute Gasteiger partial charge is 0.469 e. The van der Waals surface area contributed by atoms with Crippen LogP contribution in [-0.4, -0.2) is 48.6 Å². The number of methoxy groups -OCH3 is 1. The fraction of sp³-hybridized carbons (Fsp3) is 0.469. The highest BCUT2D eigenvalue weighted by atomic mass is 28.4. The second kappa shape index (κ2) is 15.8. The van der Waals surface area contributed by atoms with Crippen molar-refractivity contribution in [2.45, 2.75) is 79.5 Å². The fourth-order valence-electron chi connectivity index (χ4n) is 3.62. The molecule has 2 aromatic rings. The summed E-state index contributed by atoms with van der Waals surface area (Å²) in [4.78, 5) is 22.9. The number of carbonyl (C=O) groups excluding carboxylic acids is 3. The Morgan fingerprint density at radius 3 is 1.52 bits per heavy atom. The summed E-state index contributed by atoms with van der Waals surface area (Å²) in [6, 6.07) is 19.1. The third kappa shape index (κ3) is 12.6. The largest absolute Gasteiger partial charge is 0.492 e. The molecule has 0 saturated heterocycles. The molecule has 0 heterocycles. The van der Waals surface area contributed by atoms with Crippen molar-refractivity contribution in [1.82, 2.24) is 0 Å². The van der Waals surface area contributed by atoms with Gasteiger partial charge < -0.3 is 18.0 Å². The van der Waals surface area contributed by atoms with Gasteiger partial charge in [0.2, 0.25) is 0 Å². The Bertz CT molecular complexity index is 1110. The summed E-state index contributed by atoms with van der Waals surface area (Å²) >= 11 is 0. The number of ketones is 1. The molecule has 2 aromatic carbocycles. The van der Waals surface area contributed by atoms with Crippen molar-refractivity contribution >= 4 is 34.4 Å². The average Bonchev–Trinajstić information content (AvgIpc) is 2.86. The minimum atomic E-state index is -1.85. The molecule has 222 valence electrons. The lowest BCUT2D eigenvalue weighted by atomic mass is 9.72. The van der Waals surface area contributed by atoms with E-state index in [4.69, 9.17) is 18.0 Å². The molecular weight excluding hydrogens is 537 g/mol. The van der Waals surface area contributed by atoms with Crippen LogP contribution in [0.2, 0.25) is 39.3 Å². The highest BCUT2D eigenvalue weighted by Gasteiger charge is 2.51. The van der Waals surface area contributed by atoms with Crippen molar-refractivity contribution in [3.8, 4) is 0 Å². The van der Waals surface area contributed by atoms with Crippen molar-refractivity contribution in [1.29, 1.82) is 0 Å². The number of benzene rings is 2. The summed E-state index contributed by atoms with van der Waals surface area (Å²) in [7, 11) is -0.357. The van der Waals surface area contributed by atoms with Gasteiger partial charge in [0.25, 0.3) is 0 Å². The van der Waals surface area contributed by atoms with Crippen LogP contribution in [0.15, 0.2) is 72.8 Å². The molecule has 0 fully saturated rings. The predicted octanol–water partition coefficient (Wildman–Crippen LogP) is 7.95. The molecule has 0 bridgehead atoms. The summed E-state index contributed by atoms with van der Waals surface area (Å²) in [6.07, 6.45) is 0. The lowest BCUT2D eigenvalue weighted by Gasteiger charge is -2.46. The number of hydrogen-bond donors (Lipinski definition) is 0. The van der Waals surface area contributed by atoms with E-state index in [0.29, 0.717) is 5.97 Å². The molecule has 0 N–H and O–H groups in total. The summed E-state index contributed by atoms with van der Waals surface area (Å²) in [5.74, 6) is 0.432. The first-order chi connectivity index (χ1) is 18.2. The number of ether oxygens (including phenoxy) is 1. The molecule has 0 spiro atoms. The van der Waals surface area contributed by atoms with Gasteiger partial charge in [0, 0.05) is 5.56 Å². The van der Waals surface area contributed by atoms with E-state index in [0.717, 1.165) is 16.7 Å². The van der Waals surface area contributed by atoms with Gasteiger partial charge in [0.05, 0.1) is 23.7 Å². The van der Waals surface area contributed by atoms with Crippen LogP contribution in [-0.2, 0) is 28.4 Å². The van der Waals surface area contributed by atoms with Crippen LogP contribution in [0.5, 0.6) is 0 Å². The van der Waals surface area contributed by atoms with Crippen LogP contribution >= 0.6 is 0 Å². The predicted molar refractivity (Wildman–Crippen MR) is 171 cm³/mol. The first kappa shape index (κ1) is 37.2. The van der Waals surface area contributed by atoms with Crippen molar-refractivity contribution in [3.05, 3.63) is 83.9 Å². The maximum atomic E-state index is 12.3. The van der Waals surface area contributed by atoms with Gasteiger partial charge in [-0.3, -0.25) is 9.59 Å². The van der Waals surface area contributed by atoms with Crippen molar-refractivity contribution in [2.24, 2.45) is 5.41 Å². The Hall–Kier alpha value is -2.82. The van der Waals surface area contributed by atoms with E-state index in [2.05, 4.69) is 45.9 Å². The molecule has 8 heteroatoms. The van der Waals surface area contributed by atoms with E-state index in [1.54, 1.807) is 14.0 Å². The molecule has 2 rings (SSSR count). The van der Waals surface area contributed by atoms with E-state index in [-0.39, 0.29) is 11.8 Å². The van der Waals surface area contributed by atoms with Crippen LogP contribution in [0.25, 0.3) is 0 Å². The fourth-order valence-corrected chi connectivity index (χ4v) is 6.03. The second-order valence-electron chi connectivity index (χ2n) is 12.1. The van der Waals surface area contributed by atoms with E-state index in [1.807, 2.05) is 88.4 Å². The highest BCUT2D eigenvalue weighted by Crippen LogP contribution is 2.45. The van der Waals surface area contributed by atoms with Gasteiger partial charge in [-0.1, -0.05) is 67.2 Å². The van der Waals surface area contributed by atoms with E-state index in [1.165, 1.54) is 7.11 Å². The van der Waals surface area contributed by atoms with E-state index < -0.39 is 27.7 Å². The third-order valence-corrected chi connectivity index (χ3v) is 7.65. The minimum absolute atomic E-state index is 0.121. The van der Waals surface area contributed by atoms with Gasteiger partial charge >= 0.3 is 20.3 Å². The van der Waals surface area contributed by atoms with Gasteiger partial charge in [0.1, 0.15) is 0 Å². The molecule has 0 aromatic heterocycles. The van der Waals surface area contributed by atoms with Gasteiger partial charge in [0.15, 0.2) is 21.2 Å². The number of rotatable bonds is 8. The molecule has 6 nitrogen and oxygen atoms in total. The van der Waals surface area contributed by atoms with Crippen molar-refractivity contribution in [3.63, 3.8) is 0 Å². The topological polar surface area (TPSA) is 73.1 Å². The maximum absolute atomic E-state index is 12.3. The lowest BCUT2D eigenvalue weighted by molar-refractivity contribution is -0.428. The van der Waals surface area contributed by atoms with Gasteiger partial charge in [-0.15, -0.1) is 0 Å². The van der Waals surface area contributed by atoms with Crippen LogP contribution in [0.1, 0.15) is 50.5 Å². The van der Waals surface area contributed by atoms with E-state index in [9.17, 15) is 9.59 Å². The third-order valence-electron chi connectivity index (χ3n) is 5.84. The maximum Gasteiger partial charge on any atom is 0.492 e. The molecule has 0 aliphatic heterocycles. The zero-order valence-corrected chi connectivity index (χ0v) is 28.9. The SMILES string of the molecule is C=C(C)C(O[Si](C)(C)C)=[O+]C.CC(=O)c1ccccc1.COC(=O)C(C)(C)C(C)(O[Si](C)(C)C)c1ccccc1. The van der Waals surface area contributed by atoms with Crippen LogP contribution in [0, 0.1) is 5.41 Å². The first-order valence-corrected chi connectivity index (χ1v) is 20.2. The van der Waals surface area contributed by atoms with Crippen LogP contribution in [0.3, 0.4) is 0 Å². The summed E-state index contributed by atoms with van der Waals surface area (Å²) in [6.45, 7) is 25.6. The number of esters is 1. The van der Waals surface area contributed by atoms with Crippen molar-refractivity contribution in [2.75, 3.05) is 14.2 Å². The van der Waals surface area contributed by atoms with Crippen LogP contribution in [0.4, 0.5) is 0 Å². The summed E-state index contributed by atoms with van der Waals surface area (Å²) < 4.78 is 22.0. The quantitative estimate of drug-likeness (QED) is 0.103. The molecule has 1 unspecified atom stereocenters. The molecule has 0 radical (unpaired) electrons. The van der Waals surface area contributed by atoms with Gasteiger partial charge in [-0.05, 0) is 79.5 Å². The Balaban J connectivity index is 0.000000638. The number of hydrogen-bond acceptors (Lipinski definition) is 5. The standard InChI is InChI=1S/C16H26O3Si.C8H17O2Si.C8H8O/c1-15(2,14(17)18-4)16(3,19-20(5,6)7)13-11-9-8-10-12-13;1-7(2)8(9-3)10-11(4,5)6;1-7(9)8-5-3-2-4-6-8/h8-12H,1-7H3;1H2,2-6H3;2-6H,1H3/q;+1;. The monoisotopic (exact) mass is 587 g/mol. The zero-order chi connectivity index (χ0) is 31.4. The molecular formula is C32H51O6Si2+.